The maximum atomic E-state index is 6.31. The lowest BCUT2D eigenvalue weighted by Gasteiger charge is -2.05. The van der Waals surface area contributed by atoms with Gasteiger partial charge in [-0.3, -0.25) is 4.68 Å². The molecule has 0 unspecified atom stereocenters. The maximum absolute atomic E-state index is 6.31. The van der Waals surface area contributed by atoms with Gasteiger partial charge in [-0.1, -0.05) is 37.1 Å². The van der Waals surface area contributed by atoms with Crippen LogP contribution in [0.3, 0.4) is 0 Å². The zero-order valence-electron chi connectivity index (χ0n) is 11.0. The van der Waals surface area contributed by atoms with E-state index in [4.69, 9.17) is 17.3 Å². The van der Waals surface area contributed by atoms with E-state index >= 15 is 0 Å². The van der Waals surface area contributed by atoms with Crippen molar-refractivity contribution in [2.75, 3.05) is 5.73 Å². The fraction of sp³-hybridized carbons (Fsp3) is 0.357. The predicted octanol–water partition coefficient (Wildman–Crippen LogP) is 3.58. The summed E-state index contributed by atoms with van der Waals surface area (Å²) in [4.78, 5) is 0. The number of anilines is 1. The summed E-state index contributed by atoms with van der Waals surface area (Å²) in [6.07, 6.45) is 1.95. The molecule has 0 fully saturated rings. The molecule has 1 heterocycles. The smallest absolute Gasteiger partial charge is 0.125 e. The number of nitrogens with zero attached hydrogens (tertiary/aromatic N) is 2. The normalized spacial score (nSPS) is 10.9. The number of aromatic nitrogens is 2. The highest BCUT2D eigenvalue weighted by Crippen LogP contribution is 2.33. The maximum Gasteiger partial charge on any atom is 0.125 e. The van der Waals surface area contributed by atoms with Crippen LogP contribution in [-0.4, -0.2) is 9.78 Å². The zero-order chi connectivity index (χ0) is 13.3. The van der Waals surface area contributed by atoms with Gasteiger partial charge in [0.2, 0.25) is 0 Å². The molecule has 96 valence electrons. The van der Waals surface area contributed by atoms with E-state index in [2.05, 4.69) is 12.0 Å². The Hall–Kier alpha value is -1.48. The number of halogens is 1. The van der Waals surface area contributed by atoms with Crippen LogP contribution in [0, 0.1) is 6.92 Å². The van der Waals surface area contributed by atoms with Crippen LogP contribution in [0.15, 0.2) is 18.2 Å². The Morgan fingerprint density at radius 3 is 2.72 bits per heavy atom. The Labute approximate surface area is 113 Å². The van der Waals surface area contributed by atoms with Gasteiger partial charge in [-0.05, 0) is 25.0 Å². The van der Waals surface area contributed by atoms with Gasteiger partial charge in [-0.2, -0.15) is 5.10 Å². The molecule has 0 saturated carbocycles. The van der Waals surface area contributed by atoms with E-state index in [1.807, 2.05) is 32.2 Å². The molecule has 0 aliphatic carbocycles. The first kappa shape index (κ1) is 13.0. The summed E-state index contributed by atoms with van der Waals surface area (Å²) in [5.74, 6) is 0.725. The minimum absolute atomic E-state index is 0.725. The van der Waals surface area contributed by atoms with Crippen LogP contribution in [0.25, 0.3) is 11.3 Å². The van der Waals surface area contributed by atoms with E-state index < -0.39 is 0 Å². The summed E-state index contributed by atoms with van der Waals surface area (Å²) in [5.41, 5.74) is 10.2. The predicted molar refractivity (Wildman–Crippen MR) is 76.8 cm³/mol. The van der Waals surface area contributed by atoms with Crippen LogP contribution >= 0.6 is 11.6 Å². The lowest BCUT2D eigenvalue weighted by Crippen LogP contribution is -1.99. The Balaban J connectivity index is 2.59. The summed E-state index contributed by atoms with van der Waals surface area (Å²) < 4.78 is 1.72. The van der Waals surface area contributed by atoms with E-state index in [0.717, 1.165) is 46.1 Å². The van der Waals surface area contributed by atoms with Crippen LogP contribution in [0.2, 0.25) is 5.02 Å². The van der Waals surface area contributed by atoms with Crippen LogP contribution in [-0.2, 0) is 13.5 Å². The molecule has 4 heteroatoms. The molecule has 0 radical (unpaired) electrons. The molecule has 2 rings (SSSR count). The summed E-state index contributed by atoms with van der Waals surface area (Å²) in [5, 5.41) is 5.22. The van der Waals surface area contributed by atoms with E-state index in [0.29, 0.717) is 0 Å². The van der Waals surface area contributed by atoms with Gasteiger partial charge in [-0.15, -0.1) is 0 Å². The number of rotatable bonds is 3. The van der Waals surface area contributed by atoms with Crippen molar-refractivity contribution in [1.29, 1.82) is 0 Å². The number of hydrogen-bond acceptors (Lipinski definition) is 2. The minimum Gasteiger partial charge on any atom is -0.384 e. The second kappa shape index (κ2) is 5.02. The standard InChI is InChI=1S/C14H18ClN3/c1-4-5-11-13(17-18(3)14(11)16)10-7-6-9(2)8-12(10)15/h6-8H,4-5,16H2,1-3H3. The molecular formula is C14H18ClN3. The monoisotopic (exact) mass is 263 g/mol. The molecule has 0 aliphatic rings. The highest BCUT2D eigenvalue weighted by molar-refractivity contribution is 6.33. The quantitative estimate of drug-likeness (QED) is 0.920. The molecule has 2 aromatic rings. The zero-order valence-corrected chi connectivity index (χ0v) is 11.8. The van der Waals surface area contributed by atoms with Crippen LogP contribution in [0.5, 0.6) is 0 Å². The average Bonchev–Trinajstić information content (AvgIpc) is 2.58. The van der Waals surface area contributed by atoms with Gasteiger partial charge in [0.15, 0.2) is 0 Å². The lowest BCUT2D eigenvalue weighted by atomic mass is 10.0. The first-order chi connectivity index (χ1) is 8.54. The molecule has 0 spiro atoms. The largest absolute Gasteiger partial charge is 0.384 e. The summed E-state index contributed by atoms with van der Waals surface area (Å²) in [7, 11) is 1.86. The third-order valence-corrected chi connectivity index (χ3v) is 3.39. The van der Waals surface area contributed by atoms with Crippen molar-refractivity contribution in [3.63, 3.8) is 0 Å². The molecule has 0 aliphatic heterocycles. The third kappa shape index (κ3) is 2.23. The van der Waals surface area contributed by atoms with Gasteiger partial charge >= 0.3 is 0 Å². The molecular weight excluding hydrogens is 246 g/mol. The van der Waals surface area contributed by atoms with Gasteiger partial charge in [-0.25, -0.2) is 0 Å². The van der Waals surface area contributed by atoms with Gasteiger partial charge < -0.3 is 5.73 Å². The number of hydrogen-bond donors (Lipinski definition) is 1. The summed E-state index contributed by atoms with van der Waals surface area (Å²) in [6, 6.07) is 6.01. The van der Waals surface area contributed by atoms with Gasteiger partial charge in [0.05, 0.1) is 10.7 Å². The van der Waals surface area contributed by atoms with Crippen LogP contribution < -0.4 is 5.73 Å². The Morgan fingerprint density at radius 1 is 1.39 bits per heavy atom. The lowest BCUT2D eigenvalue weighted by molar-refractivity contribution is 0.781. The Bertz CT molecular complexity index is 573. The second-order valence-corrected chi connectivity index (χ2v) is 4.98. The second-order valence-electron chi connectivity index (χ2n) is 4.57. The third-order valence-electron chi connectivity index (χ3n) is 3.07. The van der Waals surface area contributed by atoms with Crippen LogP contribution in [0.4, 0.5) is 5.82 Å². The van der Waals surface area contributed by atoms with Crippen molar-refractivity contribution in [1.82, 2.24) is 9.78 Å². The van der Waals surface area contributed by atoms with Crippen LogP contribution in [0.1, 0.15) is 24.5 Å². The molecule has 0 amide bonds. The number of nitrogen functional groups attached to an aromatic ring is 1. The Morgan fingerprint density at radius 2 is 2.11 bits per heavy atom. The van der Waals surface area contributed by atoms with E-state index in [9.17, 15) is 0 Å². The van der Waals surface area contributed by atoms with Crippen molar-refractivity contribution in [2.45, 2.75) is 26.7 Å². The first-order valence-electron chi connectivity index (χ1n) is 6.12. The van der Waals surface area contributed by atoms with Crippen molar-refractivity contribution in [2.24, 2.45) is 7.05 Å². The highest BCUT2D eigenvalue weighted by Gasteiger charge is 2.16. The molecule has 1 aromatic heterocycles. The van der Waals surface area contributed by atoms with Crippen molar-refractivity contribution < 1.29 is 0 Å². The van der Waals surface area contributed by atoms with Gasteiger partial charge in [0, 0.05) is 18.2 Å². The van der Waals surface area contributed by atoms with E-state index in [1.54, 1.807) is 4.68 Å². The van der Waals surface area contributed by atoms with E-state index in [1.165, 1.54) is 0 Å². The number of benzene rings is 1. The molecule has 3 nitrogen and oxygen atoms in total. The molecule has 18 heavy (non-hydrogen) atoms. The summed E-state index contributed by atoms with van der Waals surface area (Å²) in [6.45, 7) is 4.16. The van der Waals surface area contributed by atoms with Crippen molar-refractivity contribution in [3.8, 4) is 11.3 Å². The van der Waals surface area contributed by atoms with Gasteiger partial charge in [0.1, 0.15) is 5.82 Å². The SMILES string of the molecule is CCCc1c(-c2ccc(C)cc2Cl)nn(C)c1N. The fourth-order valence-electron chi connectivity index (χ4n) is 2.11. The topological polar surface area (TPSA) is 43.8 Å². The van der Waals surface area contributed by atoms with Crippen molar-refractivity contribution in [3.05, 3.63) is 34.3 Å². The molecule has 0 saturated heterocycles. The molecule has 2 N–H and O–H groups in total. The molecule has 0 atom stereocenters. The first-order valence-corrected chi connectivity index (χ1v) is 6.50. The Kier molecular flexibility index (Phi) is 3.62. The average molecular weight is 264 g/mol. The molecule has 0 bridgehead atoms. The summed E-state index contributed by atoms with van der Waals surface area (Å²) >= 11 is 6.31. The molecule has 1 aromatic carbocycles. The minimum atomic E-state index is 0.725. The fourth-order valence-corrected chi connectivity index (χ4v) is 2.43. The van der Waals surface area contributed by atoms with Gasteiger partial charge in [0.25, 0.3) is 0 Å². The van der Waals surface area contributed by atoms with E-state index in [-0.39, 0.29) is 0 Å². The number of aryl methyl sites for hydroxylation is 2. The van der Waals surface area contributed by atoms with Crippen molar-refractivity contribution >= 4 is 17.4 Å². The number of nitrogens with two attached hydrogens (primary N) is 1. The highest BCUT2D eigenvalue weighted by atomic mass is 35.5.